The summed E-state index contributed by atoms with van der Waals surface area (Å²) in [7, 11) is 0. The number of benzene rings is 2. The summed E-state index contributed by atoms with van der Waals surface area (Å²) in [6.45, 7) is 0.510. The Morgan fingerprint density at radius 3 is 2.36 bits per heavy atom. The number of nitrogens with two attached hydrogens (primary N) is 1. The number of carbonyl (C=O) groups is 2. The van der Waals surface area contributed by atoms with Crippen LogP contribution in [0.25, 0.3) is 0 Å². The second-order valence-corrected chi connectivity index (χ2v) is 8.66. The van der Waals surface area contributed by atoms with Gasteiger partial charge in [-0.1, -0.05) is 48.5 Å². The van der Waals surface area contributed by atoms with Crippen LogP contribution < -0.4 is 11.1 Å². The van der Waals surface area contributed by atoms with Gasteiger partial charge in [0.15, 0.2) is 0 Å². The van der Waals surface area contributed by atoms with Crippen molar-refractivity contribution in [3.8, 4) is 5.75 Å². The number of nitrogens with one attached hydrogen (secondary N) is 1. The summed E-state index contributed by atoms with van der Waals surface area (Å²) >= 11 is 0. The molecular formula is C27H32Cl2N4O3. The van der Waals surface area contributed by atoms with Gasteiger partial charge in [-0.15, -0.1) is 24.8 Å². The van der Waals surface area contributed by atoms with E-state index in [1.165, 1.54) is 0 Å². The van der Waals surface area contributed by atoms with Gasteiger partial charge in [-0.3, -0.25) is 14.6 Å². The van der Waals surface area contributed by atoms with E-state index in [4.69, 9.17) is 5.73 Å². The van der Waals surface area contributed by atoms with Crippen molar-refractivity contribution in [1.29, 1.82) is 0 Å². The molecule has 1 aliphatic rings. The fraction of sp³-hybridized carbons (Fsp3) is 0.296. The van der Waals surface area contributed by atoms with Crippen LogP contribution >= 0.6 is 24.8 Å². The Balaban J connectivity index is 0.00000228. The maximum absolute atomic E-state index is 13.4. The standard InChI is InChI=1S/C27H30N4O3.2ClH/c28-23(17-19-11-13-22(32)14-12-19)27(34)31-16-6-10-25(31)26(33)30-24(20-7-2-1-3-8-20)18-21-9-4-5-15-29-21;;/h1-5,7-9,11-15,23-25,32H,6,10,16-18,28H2,(H,30,33);2*1H/t23?,24?,25-;;/m0../s1. The Kier molecular flexibility index (Phi) is 11.2. The molecule has 1 saturated heterocycles. The molecule has 0 spiro atoms. The van der Waals surface area contributed by atoms with Crippen LogP contribution in [0.1, 0.15) is 35.7 Å². The lowest BCUT2D eigenvalue weighted by molar-refractivity contribution is -0.139. The molecule has 9 heteroatoms. The summed E-state index contributed by atoms with van der Waals surface area (Å²) < 4.78 is 0. The largest absolute Gasteiger partial charge is 0.508 e. The molecule has 2 aromatic carbocycles. The molecule has 0 radical (unpaired) electrons. The molecule has 0 aliphatic carbocycles. The Morgan fingerprint density at radius 1 is 1.00 bits per heavy atom. The summed E-state index contributed by atoms with van der Waals surface area (Å²) in [5, 5.41) is 12.6. The normalized spacial score (nSPS) is 16.2. The number of nitrogens with zero attached hydrogens (tertiary/aromatic N) is 2. The molecule has 2 unspecified atom stereocenters. The first-order valence-corrected chi connectivity index (χ1v) is 11.6. The van der Waals surface area contributed by atoms with Gasteiger partial charge < -0.3 is 21.1 Å². The summed E-state index contributed by atoms with van der Waals surface area (Å²) in [6.07, 6.45) is 4.00. The lowest BCUT2D eigenvalue weighted by atomic mass is 10.0. The molecule has 4 rings (SSSR count). The molecule has 0 bridgehead atoms. The lowest BCUT2D eigenvalue weighted by Gasteiger charge is -2.28. The molecule has 3 atom stereocenters. The number of amides is 2. The van der Waals surface area contributed by atoms with E-state index in [9.17, 15) is 14.7 Å². The van der Waals surface area contributed by atoms with Crippen LogP contribution in [-0.4, -0.2) is 45.4 Å². The highest BCUT2D eigenvalue weighted by Gasteiger charge is 2.37. The van der Waals surface area contributed by atoms with Crippen molar-refractivity contribution < 1.29 is 14.7 Å². The van der Waals surface area contributed by atoms with Crippen LogP contribution in [0.2, 0.25) is 0 Å². The maximum atomic E-state index is 13.4. The lowest BCUT2D eigenvalue weighted by Crippen LogP contribution is -2.52. The number of halogens is 2. The number of pyridine rings is 1. The molecule has 1 aromatic heterocycles. The van der Waals surface area contributed by atoms with E-state index in [2.05, 4.69) is 10.3 Å². The first-order chi connectivity index (χ1) is 16.5. The minimum absolute atomic E-state index is 0. The minimum Gasteiger partial charge on any atom is -0.508 e. The second-order valence-electron chi connectivity index (χ2n) is 8.66. The third-order valence-corrected chi connectivity index (χ3v) is 6.21. The van der Waals surface area contributed by atoms with Gasteiger partial charge in [-0.2, -0.15) is 0 Å². The monoisotopic (exact) mass is 530 g/mol. The van der Waals surface area contributed by atoms with Crippen molar-refractivity contribution in [2.45, 2.75) is 43.8 Å². The predicted octanol–water partition coefficient (Wildman–Crippen LogP) is 3.59. The highest BCUT2D eigenvalue weighted by Crippen LogP contribution is 2.23. The molecule has 3 aromatic rings. The van der Waals surface area contributed by atoms with E-state index in [-0.39, 0.29) is 48.4 Å². The first kappa shape index (κ1) is 29.1. The quantitative estimate of drug-likeness (QED) is 0.412. The van der Waals surface area contributed by atoms with E-state index in [0.29, 0.717) is 25.8 Å². The number of aromatic hydroxyl groups is 1. The highest BCUT2D eigenvalue weighted by atomic mass is 35.5. The number of likely N-dealkylation sites (tertiary alicyclic amines) is 1. The van der Waals surface area contributed by atoms with Crippen LogP contribution in [-0.2, 0) is 22.4 Å². The van der Waals surface area contributed by atoms with E-state index in [1.54, 1.807) is 35.4 Å². The SMILES string of the molecule is Cl.Cl.NC(Cc1ccc(O)cc1)C(=O)N1CCC[C@H]1C(=O)NC(Cc1ccccn1)c1ccccc1. The van der Waals surface area contributed by atoms with E-state index in [0.717, 1.165) is 23.2 Å². The Bertz CT molecular complexity index is 1100. The van der Waals surface area contributed by atoms with Gasteiger partial charge in [0.25, 0.3) is 0 Å². The molecule has 1 fully saturated rings. The Morgan fingerprint density at radius 2 is 1.69 bits per heavy atom. The molecule has 0 saturated carbocycles. The van der Waals surface area contributed by atoms with Gasteiger partial charge in [0.2, 0.25) is 11.8 Å². The molecule has 7 nitrogen and oxygen atoms in total. The number of hydrogen-bond donors (Lipinski definition) is 3. The van der Waals surface area contributed by atoms with Crippen molar-refractivity contribution in [3.05, 3.63) is 95.8 Å². The van der Waals surface area contributed by atoms with E-state index >= 15 is 0 Å². The number of phenolic OH excluding ortho intramolecular Hbond substituents is 1. The zero-order chi connectivity index (χ0) is 23.9. The van der Waals surface area contributed by atoms with Crippen molar-refractivity contribution in [3.63, 3.8) is 0 Å². The van der Waals surface area contributed by atoms with Gasteiger partial charge in [0.1, 0.15) is 11.8 Å². The number of rotatable bonds is 8. The van der Waals surface area contributed by atoms with Crippen molar-refractivity contribution in [1.82, 2.24) is 15.2 Å². The summed E-state index contributed by atoms with van der Waals surface area (Å²) in [5.74, 6) is -0.238. The predicted molar refractivity (Wildman–Crippen MR) is 144 cm³/mol. The average molecular weight is 531 g/mol. The van der Waals surface area contributed by atoms with Crippen LogP contribution in [0.3, 0.4) is 0 Å². The highest BCUT2D eigenvalue weighted by molar-refractivity contribution is 5.90. The molecule has 192 valence electrons. The van der Waals surface area contributed by atoms with Crippen LogP contribution in [0.15, 0.2) is 79.0 Å². The summed E-state index contributed by atoms with van der Waals surface area (Å²) in [4.78, 5) is 32.5. The van der Waals surface area contributed by atoms with Gasteiger partial charge >= 0.3 is 0 Å². The zero-order valence-electron chi connectivity index (χ0n) is 19.8. The molecule has 36 heavy (non-hydrogen) atoms. The molecule has 2 heterocycles. The van der Waals surface area contributed by atoms with Crippen LogP contribution in [0, 0.1) is 0 Å². The van der Waals surface area contributed by atoms with E-state index < -0.39 is 12.1 Å². The smallest absolute Gasteiger partial charge is 0.243 e. The summed E-state index contributed by atoms with van der Waals surface area (Å²) in [5.41, 5.74) is 8.96. The third-order valence-electron chi connectivity index (χ3n) is 6.21. The fourth-order valence-electron chi connectivity index (χ4n) is 4.42. The molecule has 2 amide bonds. The summed E-state index contributed by atoms with van der Waals surface area (Å²) in [6, 6.07) is 20.6. The number of phenols is 1. The molecule has 1 aliphatic heterocycles. The molecular weight excluding hydrogens is 499 g/mol. The average Bonchev–Trinajstić information content (AvgIpc) is 3.36. The topological polar surface area (TPSA) is 109 Å². The zero-order valence-corrected chi connectivity index (χ0v) is 21.5. The first-order valence-electron chi connectivity index (χ1n) is 11.6. The Hall–Kier alpha value is -3.13. The number of aromatic nitrogens is 1. The number of carbonyl (C=O) groups excluding carboxylic acids is 2. The van der Waals surface area contributed by atoms with Gasteiger partial charge in [0.05, 0.1) is 12.1 Å². The molecule has 4 N–H and O–H groups in total. The van der Waals surface area contributed by atoms with Crippen molar-refractivity contribution in [2.24, 2.45) is 5.73 Å². The fourth-order valence-corrected chi connectivity index (χ4v) is 4.42. The van der Waals surface area contributed by atoms with Crippen LogP contribution in [0.4, 0.5) is 0 Å². The minimum atomic E-state index is -0.753. The Labute approximate surface area is 223 Å². The number of hydrogen-bond acceptors (Lipinski definition) is 5. The van der Waals surface area contributed by atoms with Crippen molar-refractivity contribution in [2.75, 3.05) is 6.54 Å². The van der Waals surface area contributed by atoms with Crippen molar-refractivity contribution >= 4 is 36.6 Å². The third kappa shape index (κ3) is 7.43. The maximum Gasteiger partial charge on any atom is 0.243 e. The van der Waals surface area contributed by atoms with Gasteiger partial charge in [0, 0.05) is 24.9 Å². The van der Waals surface area contributed by atoms with Gasteiger partial charge in [-0.25, -0.2) is 0 Å². The van der Waals surface area contributed by atoms with Gasteiger partial charge in [-0.05, 0) is 54.7 Å². The second kappa shape index (κ2) is 13.8. The van der Waals surface area contributed by atoms with Crippen LogP contribution in [0.5, 0.6) is 5.75 Å². The van der Waals surface area contributed by atoms with E-state index in [1.807, 2.05) is 48.5 Å².